The molecule has 1 atom stereocenters. The fourth-order valence-corrected chi connectivity index (χ4v) is 4.12. The van der Waals surface area contributed by atoms with Crippen LogP contribution in [0.25, 0.3) is 0 Å². The molecule has 2 aromatic rings. The number of piperidine rings is 1. The van der Waals surface area contributed by atoms with Crippen LogP contribution >= 0.6 is 0 Å². The first-order valence-electron chi connectivity index (χ1n) is 10.3. The Balaban J connectivity index is 1.35. The molecule has 2 heterocycles. The van der Waals surface area contributed by atoms with Crippen LogP contribution in [-0.4, -0.2) is 36.9 Å². The van der Waals surface area contributed by atoms with Gasteiger partial charge in [-0.1, -0.05) is 12.1 Å². The predicted molar refractivity (Wildman–Crippen MR) is 110 cm³/mol. The Labute approximate surface area is 182 Å². The SMILES string of the molecule is Cc1cc(CC(=O)NC2CN(c3cc(F)c(C4CCC(=O)NC4=O)c(F)c3)C2)ccc1F. The molecule has 1 unspecified atom stereocenters. The molecule has 0 aliphatic carbocycles. The van der Waals surface area contributed by atoms with Gasteiger partial charge in [0.25, 0.3) is 0 Å². The molecule has 6 nitrogen and oxygen atoms in total. The first kappa shape index (κ1) is 21.9. The van der Waals surface area contributed by atoms with Crippen molar-refractivity contribution in [1.29, 1.82) is 0 Å². The highest BCUT2D eigenvalue weighted by molar-refractivity contribution is 6.01. The van der Waals surface area contributed by atoms with Gasteiger partial charge < -0.3 is 10.2 Å². The van der Waals surface area contributed by atoms with Crippen molar-refractivity contribution in [3.8, 4) is 0 Å². The van der Waals surface area contributed by atoms with E-state index >= 15 is 0 Å². The van der Waals surface area contributed by atoms with Gasteiger partial charge in [-0.2, -0.15) is 0 Å². The predicted octanol–water partition coefficient (Wildman–Crippen LogP) is 2.48. The number of carbonyl (C=O) groups is 3. The second-order valence-corrected chi connectivity index (χ2v) is 8.26. The summed E-state index contributed by atoms with van der Waals surface area (Å²) in [6.07, 6.45) is 0.201. The largest absolute Gasteiger partial charge is 0.367 e. The van der Waals surface area contributed by atoms with Crippen LogP contribution in [0.1, 0.15) is 35.4 Å². The molecule has 168 valence electrons. The molecular formula is C23H22F3N3O3. The van der Waals surface area contributed by atoms with Crippen LogP contribution in [0.4, 0.5) is 18.9 Å². The lowest BCUT2D eigenvalue weighted by Crippen LogP contribution is -2.59. The number of carbonyl (C=O) groups excluding carboxylic acids is 3. The third kappa shape index (κ3) is 4.46. The van der Waals surface area contributed by atoms with Crippen molar-refractivity contribution in [3.63, 3.8) is 0 Å². The zero-order valence-electron chi connectivity index (χ0n) is 17.4. The van der Waals surface area contributed by atoms with Gasteiger partial charge in [-0.25, -0.2) is 13.2 Å². The topological polar surface area (TPSA) is 78.5 Å². The molecule has 2 aliphatic heterocycles. The normalized spacial score (nSPS) is 18.9. The number of nitrogens with one attached hydrogen (secondary N) is 2. The van der Waals surface area contributed by atoms with Gasteiger partial charge in [0, 0.05) is 30.8 Å². The lowest BCUT2D eigenvalue weighted by atomic mass is 9.89. The number of nitrogens with zero attached hydrogens (tertiary/aromatic N) is 1. The summed E-state index contributed by atoms with van der Waals surface area (Å²) >= 11 is 0. The van der Waals surface area contributed by atoms with Crippen molar-refractivity contribution in [3.05, 3.63) is 64.5 Å². The van der Waals surface area contributed by atoms with Gasteiger partial charge in [0.15, 0.2) is 0 Å². The molecule has 0 aromatic heterocycles. The second kappa shape index (κ2) is 8.64. The van der Waals surface area contributed by atoms with Crippen molar-refractivity contribution >= 4 is 23.4 Å². The molecule has 2 aliphatic rings. The lowest BCUT2D eigenvalue weighted by molar-refractivity contribution is -0.134. The number of hydrogen-bond acceptors (Lipinski definition) is 4. The van der Waals surface area contributed by atoms with Crippen LogP contribution in [0.2, 0.25) is 0 Å². The summed E-state index contributed by atoms with van der Waals surface area (Å²) in [5.74, 6) is -4.41. The quantitative estimate of drug-likeness (QED) is 0.694. The molecule has 2 fully saturated rings. The molecule has 3 amide bonds. The fraction of sp³-hybridized carbons (Fsp3) is 0.348. The van der Waals surface area contributed by atoms with Gasteiger partial charge >= 0.3 is 0 Å². The highest BCUT2D eigenvalue weighted by Crippen LogP contribution is 2.33. The van der Waals surface area contributed by atoms with Crippen molar-refractivity contribution in [2.24, 2.45) is 0 Å². The molecule has 2 saturated heterocycles. The third-order valence-electron chi connectivity index (χ3n) is 5.85. The number of amides is 3. The molecule has 0 saturated carbocycles. The number of aryl methyl sites for hydroxylation is 1. The number of imide groups is 1. The van der Waals surface area contributed by atoms with E-state index in [0.29, 0.717) is 29.9 Å². The zero-order chi connectivity index (χ0) is 23.0. The standard InChI is InChI=1S/C23H22F3N3O3/c1-12-6-13(2-4-17(12)24)7-21(31)27-14-10-29(11-14)15-8-18(25)22(19(26)9-15)16-3-5-20(30)28-23(16)32/h2,4,6,8-9,14,16H,3,5,7,10-11H2,1H3,(H,27,31)(H,28,30,32). The molecule has 2 aromatic carbocycles. The maximum absolute atomic E-state index is 14.7. The Bertz CT molecular complexity index is 1080. The van der Waals surface area contributed by atoms with Crippen molar-refractivity contribution in [1.82, 2.24) is 10.6 Å². The number of hydrogen-bond donors (Lipinski definition) is 2. The van der Waals surface area contributed by atoms with E-state index in [1.807, 2.05) is 0 Å². The summed E-state index contributed by atoms with van der Waals surface area (Å²) in [5, 5.41) is 4.96. The number of rotatable bonds is 5. The van der Waals surface area contributed by atoms with E-state index in [-0.39, 0.29) is 42.6 Å². The molecule has 0 radical (unpaired) electrons. The molecule has 9 heteroatoms. The Kier molecular flexibility index (Phi) is 5.90. The van der Waals surface area contributed by atoms with Crippen molar-refractivity contribution in [2.75, 3.05) is 18.0 Å². The summed E-state index contributed by atoms with van der Waals surface area (Å²) in [6, 6.07) is 6.67. The number of anilines is 1. The van der Waals surface area contributed by atoms with Crippen LogP contribution in [0, 0.1) is 24.4 Å². The molecule has 0 spiro atoms. The first-order chi connectivity index (χ1) is 15.2. The number of benzene rings is 2. The average Bonchev–Trinajstić information content (AvgIpc) is 2.68. The minimum Gasteiger partial charge on any atom is -0.367 e. The lowest BCUT2D eigenvalue weighted by Gasteiger charge is -2.41. The fourth-order valence-electron chi connectivity index (χ4n) is 4.12. The van der Waals surface area contributed by atoms with Gasteiger partial charge in [-0.05, 0) is 42.7 Å². The van der Waals surface area contributed by atoms with E-state index in [2.05, 4.69) is 10.6 Å². The van der Waals surface area contributed by atoms with Gasteiger partial charge in [0.1, 0.15) is 17.5 Å². The highest BCUT2D eigenvalue weighted by Gasteiger charge is 2.34. The van der Waals surface area contributed by atoms with Crippen LogP contribution in [0.3, 0.4) is 0 Å². The van der Waals surface area contributed by atoms with Crippen molar-refractivity contribution < 1.29 is 27.6 Å². The molecule has 0 bridgehead atoms. The van der Waals surface area contributed by atoms with Crippen molar-refractivity contribution in [2.45, 2.75) is 38.1 Å². The molecule has 32 heavy (non-hydrogen) atoms. The Morgan fingerprint density at radius 2 is 1.78 bits per heavy atom. The van der Waals surface area contributed by atoms with Crippen LogP contribution < -0.4 is 15.5 Å². The van der Waals surface area contributed by atoms with Crippen LogP contribution in [0.15, 0.2) is 30.3 Å². The monoisotopic (exact) mass is 445 g/mol. The first-order valence-corrected chi connectivity index (χ1v) is 10.3. The minimum absolute atomic E-state index is 0.0298. The molecule has 4 rings (SSSR count). The Morgan fingerprint density at radius 3 is 2.41 bits per heavy atom. The summed E-state index contributed by atoms with van der Waals surface area (Å²) in [4.78, 5) is 37.2. The van der Waals surface area contributed by atoms with Gasteiger partial charge in [-0.15, -0.1) is 0 Å². The second-order valence-electron chi connectivity index (χ2n) is 8.26. The zero-order valence-corrected chi connectivity index (χ0v) is 17.4. The molecular weight excluding hydrogens is 423 g/mol. The Hall–Kier alpha value is -3.36. The smallest absolute Gasteiger partial charge is 0.234 e. The average molecular weight is 445 g/mol. The third-order valence-corrected chi connectivity index (χ3v) is 5.85. The maximum atomic E-state index is 14.7. The summed E-state index contributed by atoms with van der Waals surface area (Å²) in [7, 11) is 0. The van der Waals surface area contributed by atoms with Crippen LogP contribution in [-0.2, 0) is 20.8 Å². The number of halogens is 3. The molecule has 2 N–H and O–H groups in total. The van der Waals surface area contributed by atoms with E-state index in [1.165, 1.54) is 18.2 Å². The van der Waals surface area contributed by atoms with E-state index in [1.54, 1.807) is 24.0 Å². The maximum Gasteiger partial charge on any atom is 0.234 e. The van der Waals surface area contributed by atoms with E-state index in [9.17, 15) is 27.6 Å². The summed E-state index contributed by atoms with van der Waals surface area (Å²) in [6.45, 7) is 2.39. The minimum atomic E-state index is -1.04. The van der Waals surface area contributed by atoms with E-state index in [0.717, 1.165) is 0 Å². The summed E-state index contributed by atoms with van der Waals surface area (Å²) in [5.41, 5.74) is 1.15. The summed E-state index contributed by atoms with van der Waals surface area (Å²) < 4.78 is 42.7. The van der Waals surface area contributed by atoms with Gasteiger partial charge in [0.05, 0.1) is 18.4 Å². The van der Waals surface area contributed by atoms with E-state index in [4.69, 9.17) is 0 Å². The van der Waals surface area contributed by atoms with Gasteiger partial charge in [0.2, 0.25) is 17.7 Å². The van der Waals surface area contributed by atoms with E-state index < -0.39 is 29.4 Å². The van der Waals surface area contributed by atoms with Gasteiger partial charge in [-0.3, -0.25) is 19.7 Å². The Morgan fingerprint density at radius 1 is 1.09 bits per heavy atom. The van der Waals surface area contributed by atoms with Crippen LogP contribution in [0.5, 0.6) is 0 Å². The highest BCUT2D eigenvalue weighted by atomic mass is 19.1.